The average Bonchev–Trinajstić information content (AvgIpc) is 3.55. The minimum absolute atomic E-state index is 0.265. The van der Waals surface area contributed by atoms with Crippen LogP contribution in [0.2, 0.25) is 0 Å². The number of amides is 1. The molecule has 1 aliphatic heterocycles. The molecule has 1 amide bonds. The molecule has 0 unspecified atom stereocenters. The first-order valence-corrected chi connectivity index (χ1v) is 13.3. The molecule has 0 bridgehead atoms. The molecule has 3 aliphatic rings. The molecule has 2 heterocycles. The van der Waals surface area contributed by atoms with Gasteiger partial charge in [-0.15, -0.1) is 0 Å². The van der Waals surface area contributed by atoms with Gasteiger partial charge in [0.05, 0.1) is 25.0 Å². The molecule has 0 spiro atoms. The second-order valence-corrected chi connectivity index (χ2v) is 9.54. The summed E-state index contributed by atoms with van der Waals surface area (Å²) in [5, 5.41) is 14.9. The number of imidazole rings is 1. The van der Waals surface area contributed by atoms with Crippen molar-refractivity contribution in [2.45, 2.75) is 20.4 Å². The Balaban J connectivity index is 1.32. The number of aliphatic imine (C=N–C) groups is 2. The fourth-order valence-corrected chi connectivity index (χ4v) is 4.75. The van der Waals surface area contributed by atoms with Crippen molar-refractivity contribution in [3.8, 4) is 0 Å². The molecule has 5 rings (SSSR count). The van der Waals surface area contributed by atoms with Gasteiger partial charge in [-0.1, -0.05) is 48.6 Å². The number of hydrogen-bond acceptors (Lipinski definition) is 5. The molecule has 2 aliphatic carbocycles. The Bertz CT molecular complexity index is 1670. The van der Waals surface area contributed by atoms with Crippen LogP contribution in [0.3, 0.4) is 0 Å². The topological polar surface area (TPSA) is 80.1 Å². The molecule has 0 atom stereocenters. The van der Waals surface area contributed by atoms with Crippen molar-refractivity contribution in [2.75, 3.05) is 13.6 Å². The molecule has 2 aromatic rings. The zero-order chi connectivity index (χ0) is 28.2. The first-order valence-electron chi connectivity index (χ1n) is 13.3. The Kier molecular flexibility index (Phi) is 7.59. The Hall–Kier alpha value is -4.98. The van der Waals surface area contributed by atoms with Crippen LogP contribution in [0.4, 0.5) is 0 Å². The van der Waals surface area contributed by atoms with Crippen molar-refractivity contribution < 1.29 is 14.5 Å². The fraction of sp³-hybridized carbons (Fsp3) is 0.188. The number of benzene rings is 1. The highest BCUT2D eigenvalue weighted by molar-refractivity contribution is 6.14. The maximum absolute atomic E-state index is 12.7. The van der Waals surface area contributed by atoms with Gasteiger partial charge < -0.3 is 14.9 Å². The SMILES string of the molecule is CCN1C=CN(C)C1=C([O-])N=C1C=CC(=c2ccc(=C3C=CC(=NC(=O)c4n(CC)cc[n+]4C)C=C3)cc2)C=C1. The van der Waals surface area contributed by atoms with Gasteiger partial charge in [0.25, 0.3) is 0 Å². The molecule has 8 nitrogen and oxygen atoms in total. The van der Waals surface area contributed by atoms with E-state index >= 15 is 0 Å². The second kappa shape index (κ2) is 11.4. The van der Waals surface area contributed by atoms with E-state index in [4.69, 9.17) is 0 Å². The van der Waals surface area contributed by atoms with E-state index < -0.39 is 0 Å². The summed E-state index contributed by atoms with van der Waals surface area (Å²) in [7, 11) is 3.69. The van der Waals surface area contributed by atoms with Gasteiger partial charge in [-0.25, -0.2) is 14.1 Å². The zero-order valence-corrected chi connectivity index (χ0v) is 23.2. The normalized spacial score (nSPS) is 17.4. The Morgan fingerprint density at radius 3 is 1.90 bits per heavy atom. The van der Waals surface area contributed by atoms with Crippen LogP contribution in [0.25, 0.3) is 11.1 Å². The lowest BCUT2D eigenvalue weighted by Gasteiger charge is -2.25. The van der Waals surface area contributed by atoms with Crippen molar-refractivity contribution in [3.63, 3.8) is 0 Å². The number of nitrogens with zero attached hydrogens (tertiary/aromatic N) is 6. The molecule has 202 valence electrons. The highest BCUT2D eigenvalue weighted by atomic mass is 16.3. The van der Waals surface area contributed by atoms with E-state index in [0.29, 0.717) is 36.2 Å². The van der Waals surface area contributed by atoms with Gasteiger partial charge in [0.1, 0.15) is 18.2 Å². The molecule has 0 saturated carbocycles. The quantitative estimate of drug-likeness (QED) is 0.445. The Morgan fingerprint density at radius 2 is 1.38 bits per heavy atom. The van der Waals surface area contributed by atoms with Crippen molar-refractivity contribution in [1.29, 1.82) is 0 Å². The first kappa shape index (κ1) is 26.6. The largest absolute Gasteiger partial charge is 0.856 e. The number of allylic oxidation sites excluding steroid dienone is 8. The van der Waals surface area contributed by atoms with Crippen molar-refractivity contribution in [3.05, 3.63) is 126 Å². The smallest absolute Gasteiger partial charge is 0.360 e. The van der Waals surface area contributed by atoms with Gasteiger partial charge in [-0.2, -0.15) is 0 Å². The Labute approximate surface area is 233 Å². The minimum atomic E-state index is -0.265. The monoisotopic (exact) mass is 532 g/mol. The second-order valence-electron chi connectivity index (χ2n) is 9.54. The number of carbonyl (C=O) groups is 1. The highest BCUT2D eigenvalue weighted by Gasteiger charge is 2.22. The third-order valence-corrected chi connectivity index (χ3v) is 6.96. The van der Waals surface area contributed by atoms with Crippen LogP contribution in [0.1, 0.15) is 24.5 Å². The van der Waals surface area contributed by atoms with Gasteiger partial charge in [0.15, 0.2) is 0 Å². The zero-order valence-electron chi connectivity index (χ0n) is 23.2. The van der Waals surface area contributed by atoms with E-state index in [1.165, 1.54) is 0 Å². The average molecular weight is 533 g/mol. The molecule has 0 saturated heterocycles. The maximum Gasteiger partial charge on any atom is 0.360 e. The summed E-state index contributed by atoms with van der Waals surface area (Å²) in [6, 6.07) is 8.28. The van der Waals surface area contributed by atoms with E-state index in [-0.39, 0.29) is 11.8 Å². The van der Waals surface area contributed by atoms with E-state index in [0.717, 1.165) is 21.6 Å². The van der Waals surface area contributed by atoms with Crippen LogP contribution in [-0.4, -0.2) is 45.3 Å². The van der Waals surface area contributed by atoms with Crippen molar-refractivity contribution in [1.82, 2.24) is 14.4 Å². The van der Waals surface area contributed by atoms with Crippen LogP contribution in [0, 0.1) is 0 Å². The van der Waals surface area contributed by atoms with Crippen molar-refractivity contribution in [2.24, 2.45) is 17.0 Å². The standard InChI is InChI=1S/C32H32N6O2/c1-5-37-21-19-35(3)31(37)29(39)33-27-15-11-25(12-16-27)23-7-9-24(10-8-23)26-13-17-28(18-14-26)34-30(40)32-36(4)20-22-38(32)6-2/h7-22H,5-6H2,1-4H3. The van der Waals surface area contributed by atoms with Gasteiger partial charge in [-0.3, -0.25) is 9.79 Å². The van der Waals surface area contributed by atoms with Crippen LogP contribution in [0.15, 0.2) is 119 Å². The minimum Gasteiger partial charge on any atom is -0.856 e. The third kappa shape index (κ3) is 5.42. The lowest BCUT2D eigenvalue weighted by molar-refractivity contribution is -0.672. The number of aryl methyl sites for hydroxylation is 2. The maximum atomic E-state index is 12.7. The lowest BCUT2D eigenvalue weighted by atomic mass is 10.0. The van der Waals surface area contributed by atoms with E-state index in [2.05, 4.69) is 34.3 Å². The summed E-state index contributed by atoms with van der Waals surface area (Å²) in [6.07, 6.45) is 22.8. The van der Waals surface area contributed by atoms with Crippen LogP contribution >= 0.6 is 0 Å². The van der Waals surface area contributed by atoms with Crippen LogP contribution in [-0.2, 0) is 13.6 Å². The van der Waals surface area contributed by atoms with Gasteiger partial charge in [-0.05, 0) is 59.7 Å². The van der Waals surface area contributed by atoms with Crippen LogP contribution < -0.4 is 20.1 Å². The van der Waals surface area contributed by atoms with E-state index in [1.807, 2.05) is 111 Å². The molecular weight excluding hydrogens is 500 g/mol. The molecule has 0 N–H and O–H groups in total. The molecule has 1 aromatic carbocycles. The number of aromatic nitrogens is 2. The first-order chi connectivity index (χ1) is 19.4. The molecule has 40 heavy (non-hydrogen) atoms. The fourth-order valence-electron chi connectivity index (χ4n) is 4.75. The van der Waals surface area contributed by atoms with Gasteiger partial charge >= 0.3 is 11.7 Å². The summed E-state index contributed by atoms with van der Waals surface area (Å²) in [4.78, 5) is 25.0. The number of hydrogen-bond donors (Lipinski definition) is 0. The summed E-state index contributed by atoms with van der Waals surface area (Å²) < 4.78 is 3.68. The molecule has 0 radical (unpaired) electrons. The molecule has 1 aromatic heterocycles. The summed E-state index contributed by atoms with van der Waals surface area (Å²) in [5.74, 6) is 0.575. The Morgan fingerprint density at radius 1 is 0.825 bits per heavy atom. The predicted molar refractivity (Wildman–Crippen MR) is 156 cm³/mol. The van der Waals surface area contributed by atoms with E-state index in [1.54, 1.807) is 9.47 Å². The molecular formula is C32H32N6O2. The number of rotatable bonds is 4. The summed E-state index contributed by atoms with van der Waals surface area (Å²) in [6.45, 7) is 5.41. The summed E-state index contributed by atoms with van der Waals surface area (Å²) >= 11 is 0. The molecule has 0 fully saturated rings. The molecule has 8 heteroatoms. The van der Waals surface area contributed by atoms with Crippen molar-refractivity contribution >= 4 is 28.5 Å². The van der Waals surface area contributed by atoms with Gasteiger partial charge in [0, 0.05) is 31.9 Å². The summed E-state index contributed by atoms with van der Waals surface area (Å²) in [5.41, 5.74) is 3.32. The predicted octanol–water partition coefficient (Wildman–Crippen LogP) is 1.83. The van der Waals surface area contributed by atoms with Crippen LogP contribution in [0.5, 0.6) is 0 Å². The van der Waals surface area contributed by atoms with E-state index in [9.17, 15) is 9.90 Å². The lowest BCUT2D eigenvalue weighted by Crippen LogP contribution is -2.35. The van der Waals surface area contributed by atoms with Gasteiger partial charge in [0.2, 0.25) is 0 Å². The number of carbonyl (C=O) groups excluding carboxylic acids is 1. The third-order valence-electron chi connectivity index (χ3n) is 6.96. The highest BCUT2D eigenvalue weighted by Crippen LogP contribution is 2.20.